The second-order valence-corrected chi connectivity index (χ2v) is 8.41. The van der Waals surface area contributed by atoms with E-state index in [1.165, 1.54) is 25.7 Å². The van der Waals surface area contributed by atoms with Gasteiger partial charge in [0.25, 0.3) is 0 Å². The first-order chi connectivity index (χ1) is 13.6. The Hall–Kier alpha value is -2.02. The van der Waals surface area contributed by atoms with Gasteiger partial charge in [-0.25, -0.2) is 9.97 Å². The van der Waals surface area contributed by atoms with E-state index in [4.69, 9.17) is 4.98 Å². The lowest BCUT2D eigenvalue weighted by Crippen LogP contribution is -2.39. The maximum atomic E-state index is 12.7. The molecule has 2 saturated heterocycles. The van der Waals surface area contributed by atoms with E-state index in [1.807, 2.05) is 16.0 Å². The summed E-state index contributed by atoms with van der Waals surface area (Å²) in [6.45, 7) is 7.12. The first-order valence-electron chi connectivity index (χ1n) is 10.7. The SMILES string of the molecule is CC(=O)N1CCc2nc(C3CCN(C(=O)CN4CCCCCC4)C3)ncc2C1. The van der Waals surface area contributed by atoms with E-state index in [-0.39, 0.29) is 17.7 Å². The molecule has 152 valence electrons. The van der Waals surface area contributed by atoms with Crippen molar-refractivity contribution >= 4 is 11.8 Å². The summed E-state index contributed by atoms with van der Waals surface area (Å²) < 4.78 is 0. The van der Waals surface area contributed by atoms with Crippen LogP contribution < -0.4 is 0 Å². The van der Waals surface area contributed by atoms with Gasteiger partial charge < -0.3 is 9.80 Å². The van der Waals surface area contributed by atoms with Gasteiger partial charge in [-0.3, -0.25) is 14.5 Å². The van der Waals surface area contributed by atoms with Crippen molar-refractivity contribution in [2.75, 3.05) is 39.3 Å². The molecule has 1 aromatic heterocycles. The molecule has 0 aromatic carbocycles. The van der Waals surface area contributed by atoms with Gasteiger partial charge in [0.2, 0.25) is 11.8 Å². The molecule has 4 rings (SSSR count). The highest BCUT2D eigenvalue weighted by molar-refractivity contribution is 5.78. The number of hydrogen-bond acceptors (Lipinski definition) is 5. The largest absolute Gasteiger partial charge is 0.341 e. The number of hydrogen-bond donors (Lipinski definition) is 0. The third-order valence-corrected chi connectivity index (χ3v) is 6.36. The molecule has 0 bridgehead atoms. The lowest BCUT2D eigenvalue weighted by atomic mass is 10.0. The third-order valence-electron chi connectivity index (χ3n) is 6.36. The zero-order valence-electron chi connectivity index (χ0n) is 16.9. The minimum absolute atomic E-state index is 0.101. The fraction of sp³-hybridized carbons (Fsp3) is 0.714. The molecule has 7 nitrogen and oxygen atoms in total. The van der Waals surface area contributed by atoms with Gasteiger partial charge in [-0.2, -0.15) is 0 Å². The number of amides is 2. The highest BCUT2D eigenvalue weighted by Gasteiger charge is 2.31. The lowest BCUT2D eigenvalue weighted by molar-refractivity contribution is -0.131. The molecule has 4 heterocycles. The van der Waals surface area contributed by atoms with Crippen molar-refractivity contribution in [3.63, 3.8) is 0 Å². The Morgan fingerprint density at radius 3 is 2.61 bits per heavy atom. The Bertz CT molecular complexity index is 730. The Morgan fingerprint density at radius 1 is 1.07 bits per heavy atom. The van der Waals surface area contributed by atoms with Crippen LogP contribution in [-0.4, -0.2) is 75.8 Å². The van der Waals surface area contributed by atoms with E-state index in [0.29, 0.717) is 13.1 Å². The number of carbonyl (C=O) groups is 2. The van der Waals surface area contributed by atoms with Crippen LogP contribution in [0.1, 0.15) is 62.0 Å². The molecule has 7 heteroatoms. The van der Waals surface area contributed by atoms with Crippen molar-refractivity contribution in [3.05, 3.63) is 23.3 Å². The number of fused-ring (bicyclic) bond motifs is 1. The molecule has 0 N–H and O–H groups in total. The van der Waals surface area contributed by atoms with Crippen molar-refractivity contribution in [3.8, 4) is 0 Å². The van der Waals surface area contributed by atoms with E-state index in [2.05, 4.69) is 9.88 Å². The van der Waals surface area contributed by atoms with Crippen LogP contribution >= 0.6 is 0 Å². The predicted molar refractivity (Wildman–Crippen MR) is 106 cm³/mol. The maximum Gasteiger partial charge on any atom is 0.236 e. The summed E-state index contributed by atoms with van der Waals surface area (Å²) in [7, 11) is 0. The standard InChI is InChI=1S/C21H31N5O2/c1-16(27)25-11-7-19-18(14-25)12-22-21(23-19)17-6-10-26(13-17)20(28)15-24-8-4-2-3-5-9-24/h12,17H,2-11,13-15H2,1H3. The average molecular weight is 386 g/mol. The van der Waals surface area contributed by atoms with Crippen molar-refractivity contribution in [2.45, 2.75) is 57.9 Å². The fourth-order valence-electron chi connectivity index (χ4n) is 4.58. The quantitative estimate of drug-likeness (QED) is 0.790. The van der Waals surface area contributed by atoms with E-state index < -0.39 is 0 Å². The summed E-state index contributed by atoms with van der Waals surface area (Å²) in [6.07, 6.45) is 8.60. The number of aromatic nitrogens is 2. The van der Waals surface area contributed by atoms with Crippen LogP contribution in [0.2, 0.25) is 0 Å². The maximum absolute atomic E-state index is 12.7. The predicted octanol–water partition coefficient (Wildman–Crippen LogP) is 1.57. The highest BCUT2D eigenvalue weighted by Crippen LogP contribution is 2.27. The van der Waals surface area contributed by atoms with Crippen LogP contribution in [0.25, 0.3) is 0 Å². The Morgan fingerprint density at radius 2 is 1.86 bits per heavy atom. The number of likely N-dealkylation sites (tertiary alicyclic amines) is 2. The first-order valence-corrected chi connectivity index (χ1v) is 10.7. The van der Waals surface area contributed by atoms with Crippen molar-refractivity contribution < 1.29 is 9.59 Å². The molecule has 2 fully saturated rings. The Labute approximate surface area is 167 Å². The zero-order chi connectivity index (χ0) is 19.5. The highest BCUT2D eigenvalue weighted by atomic mass is 16.2. The van der Waals surface area contributed by atoms with E-state index in [0.717, 1.165) is 62.6 Å². The second-order valence-electron chi connectivity index (χ2n) is 8.41. The monoisotopic (exact) mass is 385 g/mol. The topological polar surface area (TPSA) is 69.6 Å². The first kappa shape index (κ1) is 19.3. The molecule has 0 aliphatic carbocycles. The van der Waals surface area contributed by atoms with Crippen LogP contribution in [0, 0.1) is 0 Å². The molecule has 1 unspecified atom stereocenters. The Kier molecular flexibility index (Phi) is 5.90. The minimum atomic E-state index is 0.101. The lowest BCUT2D eigenvalue weighted by Gasteiger charge is -2.27. The van der Waals surface area contributed by atoms with Crippen LogP contribution in [-0.2, 0) is 22.6 Å². The van der Waals surface area contributed by atoms with Gasteiger partial charge in [-0.15, -0.1) is 0 Å². The molecule has 3 aliphatic heterocycles. The molecule has 0 radical (unpaired) electrons. The van der Waals surface area contributed by atoms with Crippen molar-refractivity contribution in [1.82, 2.24) is 24.7 Å². The fourth-order valence-corrected chi connectivity index (χ4v) is 4.58. The van der Waals surface area contributed by atoms with Gasteiger partial charge in [0.1, 0.15) is 5.82 Å². The summed E-state index contributed by atoms with van der Waals surface area (Å²) in [5.41, 5.74) is 2.12. The Balaban J connectivity index is 1.35. The van der Waals surface area contributed by atoms with Gasteiger partial charge in [0, 0.05) is 57.2 Å². The third kappa shape index (κ3) is 4.35. The number of rotatable bonds is 3. The molecule has 3 aliphatic rings. The number of carbonyl (C=O) groups excluding carboxylic acids is 2. The minimum Gasteiger partial charge on any atom is -0.341 e. The second kappa shape index (κ2) is 8.55. The summed E-state index contributed by atoms with van der Waals surface area (Å²) in [6, 6.07) is 0. The van der Waals surface area contributed by atoms with Gasteiger partial charge >= 0.3 is 0 Å². The van der Waals surface area contributed by atoms with Crippen molar-refractivity contribution in [1.29, 1.82) is 0 Å². The summed E-state index contributed by atoms with van der Waals surface area (Å²) in [5.74, 6) is 1.44. The molecule has 1 atom stereocenters. The van der Waals surface area contributed by atoms with Crippen LogP contribution in [0.4, 0.5) is 0 Å². The molecular formula is C21H31N5O2. The molecule has 0 saturated carbocycles. The van der Waals surface area contributed by atoms with Crippen LogP contribution in [0.5, 0.6) is 0 Å². The van der Waals surface area contributed by atoms with Crippen LogP contribution in [0.3, 0.4) is 0 Å². The summed E-state index contributed by atoms with van der Waals surface area (Å²) in [5, 5.41) is 0. The normalized spacial score (nSPS) is 23.4. The molecular weight excluding hydrogens is 354 g/mol. The molecule has 0 spiro atoms. The van der Waals surface area contributed by atoms with Gasteiger partial charge in [0.15, 0.2) is 0 Å². The van der Waals surface area contributed by atoms with Gasteiger partial charge in [-0.05, 0) is 32.4 Å². The average Bonchev–Trinajstić information content (AvgIpc) is 3.06. The zero-order valence-corrected chi connectivity index (χ0v) is 16.9. The smallest absolute Gasteiger partial charge is 0.236 e. The van der Waals surface area contributed by atoms with Gasteiger partial charge in [0.05, 0.1) is 12.2 Å². The van der Waals surface area contributed by atoms with E-state index in [9.17, 15) is 9.59 Å². The van der Waals surface area contributed by atoms with Crippen molar-refractivity contribution in [2.24, 2.45) is 0 Å². The summed E-state index contributed by atoms with van der Waals surface area (Å²) in [4.78, 5) is 39.9. The molecule has 1 aromatic rings. The van der Waals surface area contributed by atoms with E-state index in [1.54, 1.807) is 6.92 Å². The van der Waals surface area contributed by atoms with Crippen LogP contribution in [0.15, 0.2) is 6.20 Å². The van der Waals surface area contributed by atoms with Gasteiger partial charge in [-0.1, -0.05) is 12.8 Å². The molecule has 2 amide bonds. The molecule has 28 heavy (non-hydrogen) atoms. The van der Waals surface area contributed by atoms with E-state index >= 15 is 0 Å². The summed E-state index contributed by atoms with van der Waals surface area (Å²) >= 11 is 0. The number of nitrogens with zero attached hydrogens (tertiary/aromatic N) is 5.